The maximum Gasteiger partial charge on any atom is 0.433 e. The molecule has 0 aliphatic heterocycles. The molecule has 0 spiro atoms. The van der Waals surface area contributed by atoms with Crippen molar-refractivity contribution in [2.24, 2.45) is 23.0 Å². The lowest BCUT2D eigenvalue weighted by atomic mass is 9.62. The molecule has 172 valence electrons. The summed E-state index contributed by atoms with van der Waals surface area (Å²) in [5, 5.41) is 2.89. The molecule has 0 bridgehead atoms. The number of primary amides is 1. The van der Waals surface area contributed by atoms with Crippen LogP contribution in [0.5, 0.6) is 0 Å². The maximum absolute atomic E-state index is 13.3. The van der Waals surface area contributed by atoms with Crippen molar-refractivity contribution in [1.29, 1.82) is 0 Å². The molecule has 0 saturated heterocycles. The zero-order chi connectivity index (χ0) is 23.2. The minimum absolute atomic E-state index is 0.0345. The number of carbonyl (C=O) groups is 1. The number of halogens is 7. The Balaban J connectivity index is 1.79. The summed E-state index contributed by atoms with van der Waals surface area (Å²) in [6.45, 7) is 1.51. The van der Waals surface area contributed by atoms with E-state index >= 15 is 0 Å². The van der Waals surface area contributed by atoms with E-state index in [1.54, 1.807) is 0 Å². The number of hydrogen-bond acceptors (Lipinski definition) is 2. The minimum Gasteiger partial charge on any atom is -0.369 e. The third kappa shape index (κ3) is 4.63. The van der Waals surface area contributed by atoms with Gasteiger partial charge in [-0.05, 0) is 50.5 Å². The summed E-state index contributed by atoms with van der Waals surface area (Å²) >= 11 is 6.28. The average Bonchev–Trinajstić information content (AvgIpc) is 3.02. The Labute approximate surface area is 180 Å². The van der Waals surface area contributed by atoms with Gasteiger partial charge < -0.3 is 5.73 Å². The van der Waals surface area contributed by atoms with Crippen LogP contribution in [0.15, 0.2) is 29.9 Å². The smallest absolute Gasteiger partial charge is 0.369 e. The summed E-state index contributed by atoms with van der Waals surface area (Å²) in [6.07, 6.45) is -4.94. The molecule has 4 nitrogen and oxygen atoms in total. The number of rotatable bonds is 4. The second kappa shape index (κ2) is 8.18. The molecule has 2 atom stereocenters. The lowest BCUT2D eigenvalue weighted by Crippen LogP contribution is -2.50. The second-order valence-electron chi connectivity index (χ2n) is 8.22. The molecule has 2 N–H and O–H groups in total. The summed E-state index contributed by atoms with van der Waals surface area (Å²) in [7, 11) is 0. The first-order valence-corrected chi connectivity index (χ1v) is 10.2. The molecule has 0 radical (unpaired) electrons. The van der Waals surface area contributed by atoms with Crippen molar-refractivity contribution < 1.29 is 31.1 Å². The molecular weight excluding hydrogens is 448 g/mol. The van der Waals surface area contributed by atoms with Crippen molar-refractivity contribution in [3.8, 4) is 0 Å². The predicted octanol–water partition coefficient (Wildman–Crippen LogP) is 5.15. The van der Waals surface area contributed by atoms with Crippen LogP contribution in [0.1, 0.15) is 37.1 Å². The first-order chi connectivity index (χ1) is 14.2. The zero-order valence-electron chi connectivity index (χ0n) is 16.6. The fourth-order valence-corrected chi connectivity index (χ4v) is 5.06. The minimum atomic E-state index is -4.66. The zero-order valence-corrected chi connectivity index (χ0v) is 17.4. The second-order valence-corrected chi connectivity index (χ2v) is 8.69. The monoisotopic (exact) mass is 469 g/mol. The number of aryl methyl sites for hydroxylation is 1. The molecule has 2 unspecified atom stereocenters. The molecule has 3 rings (SSSR count). The fraction of sp³-hybridized carbons (Fsp3) is 0.600. The van der Waals surface area contributed by atoms with Crippen LogP contribution in [-0.4, -0.2) is 27.2 Å². The van der Waals surface area contributed by atoms with Crippen LogP contribution in [0, 0.1) is 24.2 Å². The molecule has 31 heavy (non-hydrogen) atoms. The number of amides is 1. The van der Waals surface area contributed by atoms with Gasteiger partial charge in [0, 0.05) is 6.54 Å². The van der Waals surface area contributed by atoms with E-state index in [-0.39, 0.29) is 18.2 Å². The molecule has 1 fully saturated rings. The topological polar surface area (TPSA) is 60.9 Å². The Morgan fingerprint density at radius 1 is 1.19 bits per heavy atom. The van der Waals surface area contributed by atoms with Crippen LogP contribution in [0.2, 0.25) is 0 Å². The number of alkyl halides is 7. The van der Waals surface area contributed by atoms with Crippen LogP contribution < -0.4 is 5.73 Å². The Morgan fingerprint density at radius 3 is 2.32 bits per heavy atom. The molecule has 2 aliphatic carbocycles. The lowest BCUT2D eigenvalue weighted by molar-refractivity contribution is -0.144. The number of hydrogen-bond donors (Lipinski definition) is 1. The highest BCUT2D eigenvalue weighted by molar-refractivity contribution is 6.24. The Bertz CT molecular complexity index is 896. The summed E-state index contributed by atoms with van der Waals surface area (Å²) in [5.41, 5.74) is 2.28. The maximum atomic E-state index is 13.3. The van der Waals surface area contributed by atoms with E-state index in [2.05, 4.69) is 5.10 Å². The van der Waals surface area contributed by atoms with E-state index in [0.717, 1.165) is 29.0 Å². The van der Waals surface area contributed by atoms with Crippen molar-refractivity contribution in [3.05, 3.63) is 41.3 Å². The van der Waals surface area contributed by atoms with Gasteiger partial charge in [0.2, 0.25) is 5.91 Å². The van der Waals surface area contributed by atoms with Crippen molar-refractivity contribution in [3.63, 3.8) is 0 Å². The molecule has 1 saturated carbocycles. The standard InChI is InChI=1S/C20H22ClF6N3O/c1-11-8-16(20(25,26)27)30(29-11)10-12-2-4-13(5-3-12)18(17(28)31)9-14(19(22,23)24)6-7-15(18)21/h6-9,12-13,15H,2-5,10H2,1H3,(H2,28,31). The number of carbonyl (C=O) groups excluding carboxylic acids is 1. The Hall–Kier alpha value is -1.97. The average molecular weight is 470 g/mol. The van der Waals surface area contributed by atoms with Gasteiger partial charge in [0.15, 0.2) is 0 Å². The molecular formula is C20H22ClF6N3O. The predicted molar refractivity (Wildman–Crippen MR) is 102 cm³/mol. The van der Waals surface area contributed by atoms with Crippen molar-refractivity contribution in [1.82, 2.24) is 9.78 Å². The number of aromatic nitrogens is 2. The molecule has 11 heteroatoms. The van der Waals surface area contributed by atoms with Gasteiger partial charge in [0.25, 0.3) is 0 Å². The van der Waals surface area contributed by atoms with Gasteiger partial charge in [-0.3, -0.25) is 9.48 Å². The third-order valence-corrected chi connectivity index (χ3v) is 6.70. The molecule has 1 heterocycles. The highest BCUT2D eigenvalue weighted by Crippen LogP contribution is 2.50. The third-order valence-electron chi connectivity index (χ3n) is 6.20. The number of nitrogens with two attached hydrogens (primary N) is 1. The number of nitrogens with zero attached hydrogens (tertiary/aromatic N) is 2. The van der Waals surface area contributed by atoms with E-state index in [1.165, 1.54) is 6.92 Å². The van der Waals surface area contributed by atoms with E-state index in [0.29, 0.717) is 25.7 Å². The lowest BCUT2D eigenvalue weighted by Gasteiger charge is -2.43. The highest BCUT2D eigenvalue weighted by Gasteiger charge is 2.52. The molecule has 2 aliphatic rings. The van der Waals surface area contributed by atoms with E-state index < -0.39 is 46.2 Å². The van der Waals surface area contributed by atoms with Gasteiger partial charge in [0.1, 0.15) is 5.69 Å². The molecule has 0 aromatic carbocycles. The van der Waals surface area contributed by atoms with Crippen molar-refractivity contribution in [2.45, 2.75) is 56.9 Å². The van der Waals surface area contributed by atoms with Crippen LogP contribution in [0.4, 0.5) is 26.3 Å². The van der Waals surface area contributed by atoms with Gasteiger partial charge in [-0.2, -0.15) is 31.4 Å². The highest BCUT2D eigenvalue weighted by atomic mass is 35.5. The fourth-order valence-electron chi connectivity index (χ4n) is 4.64. The summed E-state index contributed by atoms with van der Waals surface area (Å²) in [4.78, 5) is 12.3. The van der Waals surface area contributed by atoms with Gasteiger partial charge in [0.05, 0.1) is 22.1 Å². The first-order valence-electron chi connectivity index (χ1n) is 9.79. The molecule has 1 amide bonds. The van der Waals surface area contributed by atoms with Crippen LogP contribution in [0.25, 0.3) is 0 Å². The van der Waals surface area contributed by atoms with Gasteiger partial charge >= 0.3 is 12.4 Å². The van der Waals surface area contributed by atoms with Crippen molar-refractivity contribution in [2.75, 3.05) is 0 Å². The van der Waals surface area contributed by atoms with Gasteiger partial charge in [-0.25, -0.2) is 0 Å². The molecule has 1 aromatic heterocycles. The van der Waals surface area contributed by atoms with Crippen LogP contribution in [-0.2, 0) is 17.5 Å². The van der Waals surface area contributed by atoms with Crippen molar-refractivity contribution >= 4 is 17.5 Å². The molecule has 1 aromatic rings. The SMILES string of the molecule is Cc1cc(C(F)(F)F)n(CC2CCC(C3(C(N)=O)C=C(C(F)(F)F)C=CC3Cl)CC2)n1. The normalized spacial score (nSPS) is 29.7. The number of allylic oxidation sites excluding steroid dienone is 3. The van der Waals surface area contributed by atoms with Gasteiger partial charge in [-0.15, -0.1) is 11.6 Å². The van der Waals surface area contributed by atoms with Crippen LogP contribution in [0.3, 0.4) is 0 Å². The summed E-state index contributed by atoms with van der Waals surface area (Å²) in [5.74, 6) is -1.66. The first kappa shape index (κ1) is 23.7. The summed E-state index contributed by atoms with van der Waals surface area (Å²) in [6, 6.07) is 0.976. The van der Waals surface area contributed by atoms with E-state index in [9.17, 15) is 31.1 Å². The van der Waals surface area contributed by atoms with Crippen LogP contribution >= 0.6 is 11.6 Å². The van der Waals surface area contributed by atoms with E-state index in [1.807, 2.05) is 0 Å². The van der Waals surface area contributed by atoms with Gasteiger partial charge in [-0.1, -0.05) is 18.2 Å². The Kier molecular flexibility index (Phi) is 6.25. The quantitative estimate of drug-likeness (QED) is 0.489. The van der Waals surface area contributed by atoms with E-state index in [4.69, 9.17) is 17.3 Å². The largest absolute Gasteiger partial charge is 0.433 e. The summed E-state index contributed by atoms with van der Waals surface area (Å²) < 4.78 is 80.3. The Morgan fingerprint density at radius 2 is 1.81 bits per heavy atom.